The first-order valence-corrected chi connectivity index (χ1v) is 10.5. The van der Waals surface area contributed by atoms with Gasteiger partial charge < -0.3 is 19.2 Å². The summed E-state index contributed by atoms with van der Waals surface area (Å²) in [5, 5.41) is 13.2. The Morgan fingerprint density at radius 3 is 2.59 bits per heavy atom. The van der Waals surface area contributed by atoms with Gasteiger partial charge in [-0.1, -0.05) is 11.8 Å². The van der Waals surface area contributed by atoms with E-state index < -0.39 is 24.5 Å². The molecule has 3 amide bonds. The highest BCUT2D eigenvalue weighted by Crippen LogP contribution is 2.24. The van der Waals surface area contributed by atoms with Crippen LogP contribution in [0.2, 0.25) is 0 Å². The lowest BCUT2D eigenvalue weighted by molar-refractivity contribution is -0.145. The number of carbonyl (C=O) groups is 3. The van der Waals surface area contributed by atoms with Crippen LogP contribution in [0, 0.1) is 0 Å². The van der Waals surface area contributed by atoms with Gasteiger partial charge in [-0.3, -0.25) is 19.5 Å². The Labute approximate surface area is 187 Å². The normalized spacial score (nSPS) is 10.4. The molecular formula is C20H21N5O6S. The number of thioether (sulfide) groups is 1. The zero-order valence-corrected chi connectivity index (χ0v) is 18.2. The van der Waals surface area contributed by atoms with Gasteiger partial charge in [0.2, 0.25) is 0 Å². The Hall–Kier alpha value is -3.80. The molecule has 32 heavy (non-hydrogen) atoms. The van der Waals surface area contributed by atoms with Crippen molar-refractivity contribution in [2.24, 2.45) is 0 Å². The number of nitrogens with one attached hydrogen (secondary N) is 2. The van der Waals surface area contributed by atoms with Crippen LogP contribution < -0.4 is 15.4 Å². The number of hydrogen-bond acceptors (Lipinski definition) is 9. The number of amides is 3. The maximum atomic E-state index is 12.0. The van der Waals surface area contributed by atoms with E-state index in [-0.39, 0.29) is 5.75 Å². The molecule has 0 bridgehead atoms. The smallest absolute Gasteiger partial charge is 0.325 e. The van der Waals surface area contributed by atoms with Crippen LogP contribution in [0.15, 0.2) is 52.2 Å². The molecule has 0 atom stereocenters. The number of methoxy groups -OCH3 is 1. The van der Waals surface area contributed by atoms with E-state index in [1.807, 2.05) is 6.92 Å². The summed E-state index contributed by atoms with van der Waals surface area (Å²) in [4.78, 5) is 35.7. The third kappa shape index (κ3) is 6.11. The second-order valence-electron chi connectivity index (χ2n) is 6.21. The first-order valence-electron chi connectivity index (χ1n) is 9.50. The first-order chi connectivity index (χ1) is 15.5. The number of carbonyl (C=O) groups excluding carboxylic acids is 3. The van der Waals surface area contributed by atoms with Gasteiger partial charge >= 0.3 is 12.0 Å². The van der Waals surface area contributed by atoms with Gasteiger partial charge in [-0.05, 0) is 43.3 Å². The van der Waals surface area contributed by atoms with Crippen molar-refractivity contribution in [2.75, 3.05) is 24.8 Å². The van der Waals surface area contributed by atoms with Gasteiger partial charge in [-0.2, -0.15) is 0 Å². The van der Waals surface area contributed by atoms with E-state index >= 15 is 0 Å². The SMILES string of the molecule is CCn1c(SCC(=O)OCC(=O)NC(=O)Nc2ccc(OC)cc2)nnc1-c1ccco1. The number of rotatable bonds is 9. The van der Waals surface area contributed by atoms with E-state index in [1.165, 1.54) is 13.4 Å². The van der Waals surface area contributed by atoms with Gasteiger partial charge in [0.1, 0.15) is 5.75 Å². The quantitative estimate of drug-likeness (QED) is 0.365. The number of imide groups is 1. The molecule has 0 fully saturated rings. The molecule has 0 saturated carbocycles. The molecule has 11 nitrogen and oxygen atoms in total. The molecule has 2 aromatic heterocycles. The fourth-order valence-corrected chi connectivity index (χ4v) is 3.38. The van der Waals surface area contributed by atoms with Crippen LogP contribution >= 0.6 is 11.8 Å². The number of aromatic nitrogens is 3. The van der Waals surface area contributed by atoms with Crippen LogP contribution in [0.5, 0.6) is 5.75 Å². The lowest BCUT2D eigenvalue weighted by Gasteiger charge is -2.08. The number of ether oxygens (including phenoxy) is 2. The van der Waals surface area contributed by atoms with Gasteiger partial charge in [0, 0.05) is 12.2 Å². The van der Waals surface area contributed by atoms with Crippen LogP contribution in [-0.4, -0.2) is 52.1 Å². The zero-order chi connectivity index (χ0) is 22.9. The van der Waals surface area contributed by atoms with Gasteiger partial charge in [0.05, 0.1) is 19.1 Å². The molecule has 1 aromatic carbocycles. The highest BCUT2D eigenvalue weighted by atomic mass is 32.2. The Balaban J connectivity index is 1.41. The zero-order valence-electron chi connectivity index (χ0n) is 17.4. The van der Waals surface area contributed by atoms with Crippen molar-refractivity contribution in [3.8, 4) is 17.3 Å². The summed E-state index contributed by atoms with van der Waals surface area (Å²) in [5.41, 5.74) is 0.471. The fourth-order valence-electron chi connectivity index (χ4n) is 2.58. The largest absolute Gasteiger partial charge is 0.497 e. The van der Waals surface area contributed by atoms with Crippen LogP contribution in [0.25, 0.3) is 11.6 Å². The van der Waals surface area contributed by atoms with E-state index in [1.54, 1.807) is 41.0 Å². The first kappa shape index (κ1) is 22.9. The maximum Gasteiger partial charge on any atom is 0.325 e. The molecule has 2 heterocycles. The summed E-state index contributed by atoms with van der Waals surface area (Å²) < 4.78 is 17.1. The summed E-state index contributed by atoms with van der Waals surface area (Å²) in [6.45, 7) is 1.90. The standard InChI is InChI=1S/C20H21N5O6S/c1-3-25-18(15-5-4-10-30-15)23-24-20(25)32-12-17(27)31-11-16(26)22-19(28)21-13-6-8-14(29-2)9-7-13/h4-10H,3,11-12H2,1-2H3,(H2,21,22,26,28). The van der Waals surface area contributed by atoms with Crippen LogP contribution in [0.1, 0.15) is 6.92 Å². The number of urea groups is 1. The number of nitrogens with zero attached hydrogens (tertiary/aromatic N) is 3. The Morgan fingerprint density at radius 2 is 1.94 bits per heavy atom. The molecular weight excluding hydrogens is 438 g/mol. The highest BCUT2D eigenvalue weighted by Gasteiger charge is 2.17. The lowest BCUT2D eigenvalue weighted by Crippen LogP contribution is -2.37. The monoisotopic (exact) mass is 459 g/mol. The lowest BCUT2D eigenvalue weighted by atomic mass is 10.3. The van der Waals surface area contributed by atoms with Crippen molar-refractivity contribution in [3.05, 3.63) is 42.7 Å². The molecule has 0 aliphatic rings. The number of anilines is 1. The van der Waals surface area contributed by atoms with Crippen molar-refractivity contribution in [2.45, 2.75) is 18.6 Å². The minimum absolute atomic E-state index is 0.0817. The second kappa shape index (κ2) is 11.0. The molecule has 2 N–H and O–H groups in total. The second-order valence-corrected chi connectivity index (χ2v) is 7.15. The molecule has 3 aromatic rings. The third-order valence-electron chi connectivity index (χ3n) is 4.06. The van der Waals surface area contributed by atoms with Crippen molar-refractivity contribution in [1.82, 2.24) is 20.1 Å². The molecule has 3 rings (SSSR count). The van der Waals surface area contributed by atoms with Gasteiger partial charge in [0.25, 0.3) is 5.91 Å². The predicted octanol–water partition coefficient (Wildman–Crippen LogP) is 2.55. The van der Waals surface area contributed by atoms with Crippen LogP contribution in [-0.2, 0) is 20.9 Å². The number of esters is 1. The summed E-state index contributed by atoms with van der Waals surface area (Å²) in [7, 11) is 1.53. The summed E-state index contributed by atoms with van der Waals surface area (Å²) in [6.07, 6.45) is 1.54. The van der Waals surface area contributed by atoms with Crippen molar-refractivity contribution >= 4 is 35.4 Å². The molecule has 168 valence electrons. The maximum absolute atomic E-state index is 12.0. The van der Waals surface area contributed by atoms with E-state index in [0.29, 0.717) is 34.7 Å². The highest BCUT2D eigenvalue weighted by molar-refractivity contribution is 7.99. The molecule has 0 radical (unpaired) electrons. The molecule has 12 heteroatoms. The Bertz CT molecular complexity index is 1060. The average Bonchev–Trinajstić information content (AvgIpc) is 3.46. The minimum Gasteiger partial charge on any atom is -0.497 e. The Morgan fingerprint density at radius 1 is 1.16 bits per heavy atom. The van der Waals surface area contributed by atoms with Crippen molar-refractivity contribution in [3.63, 3.8) is 0 Å². The van der Waals surface area contributed by atoms with Gasteiger partial charge in [0.15, 0.2) is 23.3 Å². The topological polar surface area (TPSA) is 138 Å². The number of benzene rings is 1. The van der Waals surface area contributed by atoms with Crippen molar-refractivity contribution < 1.29 is 28.3 Å². The summed E-state index contributed by atoms with van der Waals surface area (Å²) in [6, 6.07) is 9.33. The fraction of sp³-hybridized carbons (Fsp3) is 0.250. The van der Waals surface area contributed by atoms with Gasteiger partial charge in [-0.25, -0.2) is 4.79 Å². The van der Waals surface area contributed by atoms with E-state index in [4.69, 9.17) is 13.9 Å². The van der Waals surface area contributed by atoms with E-state index in [9.17, 15) is 14.4 Å². The molecule has 0 spiro atoms. The minimum atomic E-state index is -0.758. The molecule has 0 unspecified atom stereocenters. The molecule has 0 aliphatic heterocycles. The van der Waals surface area contributed by atoms with Crippen LogP contribution in [0.4, 0.5) is 10.5 Å². The molecule has 0 aliphatic carbocycles. The van der Waals surface area contributed by atoms with Gasteiger partial charge in [-0.15, -0.1) is 10.2 Å². The third-order valence-corrected chi connectivity index (χ3v) is 5.00. The number of hydrogen-bond donors (Lipinski definition) is 2. The summed E-state index contributed by atoms with van der Waals surface area (Å²) in [5.74, 6) is 0.277. The Kier molecular flexibility index (Phi) is 7.86. The molecule has 0 saturated heterocycles. The van der Waals surface area contributed by atoms with E-state index in [2.05, 4.69) is 20.8 Å². The number of furan rings is 1. The summed E-state index contributed by atoms with van der Waals surface area (Å²) >= 11 is 1.12. The van der Waals surface area contributed by atoms with E-state index in [0.717, 1.165) is 11.8 Å². The van der Waals surface area contributed by atoms with Crippen LogP contribution in [0.3, 0.4) is 0 Å². The van der Waals surface area contributed by atoms with Crippen molar-refractivity contribution in [1.29, 1.82) is 0 Å². The average molecular weight is 459 g/mol. The predicted molar refractivity (Wildman–Crippen MR) is 115 cm³/mol.